The number of aryl methyl sites for hydroxylation is 2. The van der Waals surface area contributed by atoms with E-state index in [2.05, 4.69) is 16.4 Å². The van der Waals surface area contributed by atoms with E-state index in [1.807, 2.05) is 26.0 Å². The van der Waals surface area contributed by atoms with Gasteiger partial charge in [0.25, 0.3) is 5.91 Å². The Morgan fingerprint density at radius 1 is 1.39 bits per heavy atom. The van der Waals surface area contributed by atoms with E-state index in [1.54, 1.807) is 0 Å². The van der Waals surface area contributed by atoms with E-state index in [4.69, 9.17) is 4.74 Å². The highest BCUT2D eigenvalue weighted by Crippen LogP contribution is 2.28. The van der Waals surface area contributed by atoms with Crippen LogP contribution in [0.3, 0.4) is 0 Å². The number of carbonyl (C=O) groups excluding carboxylic acids is 1. The average Bonchev–Trinajstić information content (AvgIpc) is 3.21. The minimum Gasteiger partial charge on any atom is -0.389 e. The number of H-pyrrole nitrogens is 1. The third-order valence-corrected chi connectivity index (χ3v) is 4.19. The van der Waals surface area contributed by atoms with Gasteiger partial charge < -0.3 is 20.1 Å². The van der Waals surface area contributed by atoms with Crippen LogP contribution < -0.4 is 5.32 Å². The van der Waals surface area contributed by atoms with Gasteiger partial charge in [-0.3, -0.25) is 4.79 Å². The highest BCUT2D eigenvalue weighted by molar-refractivity contribution is 5.99. The largest absolute Gasteiger partial charge is 0.389 e. The second-order valence-corrected chi connectivity index (χ2v) is 6.57. The van der Waals surface area contributed by atoms with Crippen molar-refractivity contribution in [1.29, 1.82) is 0 Å². The number of rotatable bonds is 7. The number of hydrogen-bond acceptors (Lipinski definition) is 3. The topological polar surface area (TPSA) is 74.3 Å². The lowest BCUT2D eigenvalue weighted by molar-refractivity contribution is 0.0320. The molecule has 0 spiro atoms. The molecular formula is C18H24N2O3. The summed E-state index contributed by atoms with van der Waals surface area (Å²) >= 11 is 0. The molecule has 23 heavy (non-hydrogen) atoms. The molecule has 0 radical (unpaired) electrons. The summed E-state index contributed by atoms with van der Waals surface area (Å²) in [6.07, 6.45) is 1.78. The zero-order chi connectivity index (χ0) is 16.4. The SMILES string of the molecule is Cc1cc(C)c2cc(C(=O)NCC(O)COCC3CC3)[nH]c2c1. The van der Waals surface area contributed by atoms with Crippen molar-refractivity contribution in [1.82, 2.24) is 10.3 Å². The molecule has 3 rings (SSSR count). The summed E-state index contributed by atoms with van der Waals surface area (Å²) in [5, 5.41) is 13.6. The van der Waals surface area contributed by atoms with Crippen LogP contribution in [0.5, 0.6) is 0 Å². The van der Waals surface area contributed by atoms with Crippen LogP contribution in [0.15, 0.2) is 18.2 Å². The minimum absolute atomic E-state index is 0.191. The van der Waals surface area contributed by atoms with E-state index >= 15 is 0 Å². The van der Waals surface area contributed by atoms with Gasteiger partial charge >= 0.3 is 0 Å². The lowest BCUT2D eigenvalue weighted by atomic mass is 10.1. The molecule has 3 N–H and O–H groups in total. The Kier molecular flexibility index (Phi) is 4.68. The van der Waals surface area contributed by atoms with Crippen molar-refractivity contribution >= 4 is 16.8 Å². The second-order valence-electron chi connectivity index (χ2n) is 6.57. The number of aromatic amines is 1. The number of nitrogens with one attached hydrogen (secondary N) is 2. The van der Waals surface area contributed by atoms with Crippen LogP contribution in [0.2, 0.25) is 0 Å². The number of hydrogen-bond donors (Lipinski definition) is 3. The Morgan fingerprint density at radius 3 is 2.91 bits per heavy atom. The number of aliphatic hydroxyl groups excluding tert-OH is 1. The predicted octanol–water partition coefficient (Wildman–Crippen LogP) is 2.30. The Morgan fingerprint density at radius 2 is 2.17 bits per heavy atom. The van der Waals surface area contributed by atoms with Crippen LogP contribution in [0.25, 0.3) is 10.9 Å². The summed E-state index contributed by atoms with van der Waals surface area (Å²) < 4.78 is 5.43. The molecule has 1 fully saturated rings. The van der Waals surface area contributed by atoms with Crippen molar-refractivity contribution in [3.8, 4) is 0 Å². The van der Waals surface area contributed by atoms with Gasteiger partial charge in [0.1, 0.15) is 5.69 Å². The van der Waals surface area contributed by atoms with E-state index in [-0.39, 0.29) is 19.1 Å². The summed E-state index contributed by atoms with van der Waals surface area (Å²) in [7, 11) is 0. The number of benzene rings is 1. The highest BCUT2D eigenvalue weighted by Gasteiger charge is 2.21. The van der Waals surface area contributed by atoms with E-state index in [1.165, 1.54) is 12.8 Å². The Hall–Kier alpha value is -1.85. The number of ether oxygens (including phenoxy) is 1. The number of aliphatic hydroxyl groups is 1. The maximum absolute atomic E-state index is 12.2. The predicted molar refractivity (Wildman–Crippen MR) is 89.7 cm³/mol. The molecule has 5 heteroatoms. The first kappa shape index (κ1) is 16.0. The number of carbonyl (C=O) groups is 1. The molecule has 0 aliphatic heterocycles. The fourth-order valence-corrected chi connectivity index (χ4v) is 2.74. The highest BCUT2D eigenvalue weighted by atomic mass is 16.5. The van der Waals surface area contributed by atoms with Gasteiger partial charge in [-0.05, 0) is 55.9 Å². The molecule has 1 aromatic heterocycles. The van der Waals surface area contributed by atoms with Gasteiger partial charge in [0.2, 0.25) is 0 Å². The van der Waals surface area contributed by atoms with Crippen molar-refractivity contribution < 1.29 is 14.6 Å². The number of amides is 1. The Labute approximate surface area is 136 Å². The van der Waals surface area contributed by atoms with Crippen molar-refractivity contribution in [2.24, 2.45) is 5.92 Å². The molecule has 1 amide bonds. The van der Waals surface area contributed by atoms with Gasteiger partial charge in [0.05, 0.1) is 12.7 Å². The second kappa shape index (κ2) is 6.72. The van der Waals surface area contributed by atoms with Gasteiger partial charge in [-0.2, -0.15) is 0 Å². The molecule has 0 saturated heterocycles. The Balaban J connectivity index is 1.54. The molecule has 124 valence electrons. The first-order valence-corrected chi connectivity index (χ1v) is 8.17. The first-order chi connectivity index (χ1) is 11.0. The normalized spacial score (nSPS) is 15.8. The van der Waals surface area contributed by atoms with Crippen LogP contribution in [0, 0.1) is 19.8 Å². The molecule has 1 aromatic carbocycles. The lowest BCUT2D eigenvalue weighted by Crippen LogP contribution is -2.34. The lowest BCUT2D eigenvalue weighted by Gasteiger charge is -2.11. The summed E-state index contributed by atoms with van der Waals surface area (Å²) in [5.74, 6) is 0.467. The van der Waals surface area contributed by atoms with Gasteiger partial charge in [-0.25, -0.2) is 0 Å². The van der Waals surface area contributed by atoms with E-state index in [0.717, 1.165) is 22.0 Å². The van der Waals surface area contributed by atoms with Crippen LogP contribution in [0.1, 0.15) is 34.5 Å². The molecule has 1 saturated carbocycles. The fraction of sp³-hybridized carbons (Fsp3) is 0.500. The maximum Gasteiger partial charge on any atom is 0.267 e. The monoisotopic (exact) mass is 316 g/mol. The van der Waals surface area contributed by atoms with Crippen molar-refractivity contribution in [3.05, 3.63) is 35.0 Å². The standard InChI is InChI=1S/C18H24N2O3/c1-11-5-12(2)15-7-17(20-16(15)6-11)18(22)19-8-14(21)10-23-9-13-3-4-13/h5-7,13-14,20-21H,3-4,8-10H2,1-2H3,(H,19,22). The van der Waals surface area contributed by atoms with Crippen LogP contribution in [-0.4, -0.2) is 41.9 Å². The van der Waals surface area contributed by atoms with Crippen LogP contribution >= 0.6 is 0 Å². The molecule has 5 nitrogen and oxygen atoms in total. The molecule has 2 aromatic rings. The molecule has 1 aliphatic rings. The quantitative estimate of drug-likeness (QED) is 0.734. The third kappa shape index (κ3) is 4.12. The van der Waals surface area contributed by atoms with Crippen LogP contribution in [-0.2, 0) is 4.74 Å². The van der Waals surface area contributed by atoms with Gasteiger partial charge in [0.15, 0.2) is 0 Å². The van der Waals surface area contributed by atoms with Crippen LogP contribution in [0.4, 0.5) is 0 Å². The first-order valence-electron chi connectivity index (χ1n) is 8.17. The summed E-state index contributed by atoms with van der Waals surface area (Å²) in [6, 6.07) is 5.98. The number of aromatic nitrogens is 1. The van der Waals surface area contributed by atoms with Crippen molar-refractivity contribution in [2.45, 2.75) is 32.8 Å². The summed E-state index contributed by atoms with van der Waals surface area (Å²) in [6.45, 7) is 5.24. The zero-order valence-corrected chi connectivity index (χ0v) is 13.7. The van der Waals surface area contributed by atoms with Gasteiger partial charge in [-0.1, -0.05) is 6.07 Å². The molecular weight excluding hydrogens is 292 g/mol. The number of fused-ring (bicyclic) bond motifs is 1. The minimum atomic E-state index is -0.675. The summed E-state index contributed by atoms with van der Waals surface area (Å²) in [4.78, 5) is 15.4. The van der Waals surface area contributed by atoms with Crippen molar-refractivity contribution in [3.63, 3.8) is 0 Å². The molecule has 1 heterocycles. The third-order valence-electron chi connectivity index (χ3n) is 4.19. The van der Waals surface area contributed by atoms with Crippen molar-refractivity contribution in [2.75, 3.05) is 19.8 Å². The van der Waals surface area contributed by atoms with Gasteiger partial charge in [-0.15, -0.1) is 0 Å². The average molecular weight is 316 g/mol. The smallest absolute Gasteiger partial charge is 0.267 e. The molecule has 1 aliphatic carbocycles. The van der Waals surface area contributed by atoms with E-state index < -0.39 is 6.10 Å². The van der Waals surface area contributed by atoms with Gasteiger partial charge in [0, 0.05) is 24.1 Å². The molecule has 0 bridgehead atoms. The molecule has 1 atom stereocenters. The van der Waals surface area contributed by atoms with E-state index in [0.29, 0.717) is 18.2 Å². The molecule has 1 unspecified atom stereocenters. The fourth-order valence-electron chi connectivity index (χ4n) is 2.74. The Bertz CT molecular complexity index is 704. The maximum atomic E-state index is 12.2. The zero-order valence-electron chi connectivity index (χ0n) is 13.7. The summed E-state index contributed by atoms with van der Waals surface area (Å²) in [5.41, 5.74) is 3.77. The van der Waals surface area contributed by atoms with E-state index in [9.17, 15) is 9.90 Å².